The zero-order valence-electron chi connectivity index (χ0n) is 13.2. The van der Waals surface area contributed by atoms with E-state index < -0.39 is 11.6 Å². The summed E-state index contributed by atoms with van der Waals surface area (Å²) in [4.78, 5) is 0. The highest BCUT2D eigenvalue weighted by Gasteiger charge is 2.30. The molecule has 0 spiro atoms. The summed E-state index contributed by atoms with van der Waals surface area (Å²) in [5.41, 5.74) is 0.496. The third-order valence-electron chi connectivity index (χ3n) is 4.80. The van der Waals surface area contributed by atoms with Gasteiger partial charge in [-0.25, -0.2) is 8.78 Å². The number of nitrogens with one attached hydrogen (secondary N) is 1. The molecule has 0 aromatic heterocycles. The zero-order valence-corrected chi connectivity index (χ0v) is 13.2. The van der Waals surface area contributed by atoms with Crippen molar-refractivity contribution >= 4 is 0 Å². The number of hydrogen-bond donors (Lipinski definition) is 1. The molecule has 1 aromatic carbocycles. The van der Waals surface area contributed by atoms with Gasteiger partial charge in [0.2, 0.25) is 0 Å². The van der Waals surface area contributed by atoms with Gasteiger partial charge in [-0.2, -0.15) is 0 Å². The van der Waals surface area contributed by atoms with Crippen molar-refractivity contribution in [1.29, 1.82) is 0 Å². The quantitative estimate of drug-likeness (QED) is 0.758. The van der Waals surface area contributed by atoms with E-state index in [0.29, 0.717) is 11.5 Å². The Morgan fingerprint density at radius 2 is 1.86 bits per heavy atom. The molecule has 1 saturated carbocycles. The summed E-state index contributed by atoms with van der Waals surface area (Å²) in [5.74, 6) is -0.186. The van der Waals surface area contributed by atoms with Crippen molar-refractivity contribution in [2.24, 2.45) is 11.8 Å². The molecule has 1 N–H and O–H groups in total. The van der Waals surface area contributed by atoms with Gasteiger partial charge in [-0.15, -0.1) is 0 Å². The smallest absolute Gasteiger partial charge is 0.163 e. The Hall–Kier alpha value is -0.960. The molecular weight excluding hydrogens is 268 g/mol. The van der Waals surface area contributed by atoms with Crippen LogP contribution in [0.3, 0.4) is 0 Å². The minimum Gasteiger partial charge on any atom is -0.310 e. The summed E-state index contributed by atoms with van der Waals surface area (Å²) < 4.78 is 27.6. The summed E-state index contributed by atoms with van der Waals surface area (Å²) in [6.45, 7) is 5.03. The van der Waals surface area contributed by atoms with Gasteiger partial charge in [0.1, 0.15) is 0 Å². The van der Waals surface area contributed by atoms with Gasteiger partial charge in [0.15, 0.2) is 11.6 Å². The normalized spacial score (nSPS) is 24.0. The van der Waals surface area contributed by atoms with Crippen LogP contribution in [0.2, 0.25) is 0 Å². The molecule has 0 saturated heterocycles. The highest BCUT2D eigenvalue weighted by atomic mass is 19.2. The molecule has 0 aliphatic heterocycles. The molecule has 118 valence electrons. The summed E-state index contributed by atoms with van der Waals surface area (Å²) in [6.07, 6.45) is 7.20. The van der Waals surface area contributed by atoms with Crippen LogP contribution in [0.5, 0.6) is 0 Å². The lowest BCUT2D eigenvalue weighted by Gasteiger charge is -2.34. The Morgan fingerprint density at radius 1 is 1.14 bits per heavy atom. The van der Waals surface area contributed by atoms with E-state index in [-0.39, 0.29) is 6.04 Å². The monoisotopic (exact) mass is 295 g/mol. The maximum Gasteiger partial charge on any atom is 0.163 e. The zero-order chi connectivity index (χ0) is 15.2. The molecule has 1 aliphatic rings. The first-order valence-electron chi connectivity index (χ1n) is 8.34. The summed E-state index contributed by atoms with van der Waals surface area (Å²) in [6, 6.07) is 4.47. The molecule has 2 rings (SSSR count). The third-order valence-corrected chi connectivity index (χ3v) is 4.80. The molecule has 1 nitrogen and oxygen atoms in total. The Kier molecular flexibility index (Phi) is 6.16. The Morgan fingerprint density at radius 3 is 2.48 bits per heavy atom. The van der Waals surface area contributed by atoms with E-state index in [1.54, 1.807) is 12.1 Å². The van der Waals surface area contributed by atoms with Crippen LogP contribution in [0.4, 0.5) is 8.78 Å². The second-order valence-corrected chi connectivity index (χ2v) is 6.25. The van der Waals surface area contributed by atoms with E-state index in [0.717, 1.165) is 25.3 Å². The maximum absolute atomic E-state index is 14.1. The predicted octanol–water partition coefficient (Wildman–Crippen LogP) is 5.22. The fourth-order valence-corrected chi connectivity index (χ4v) is 3.73. The van der Waals surface area contributed by atoms with Gasteiger partial charge in [-0.3, -0.25) is 0 Å². The van der Waals surface area contributed by atoms with Crippen molar-refractivity contribution in [2.75, 3.05) is 6.54 Å². The molecule has 1 unspecified atom stereocenters. The van der Waals surface area contributed by atoms with Gasteiger partial charge < -0.3 is 5.32 Å². The molecule has 1 fully saturated rings. The summed E-state index contributed by atoms with van der Waals surface area (Å²) in [5, 5.41) is 3.38. The average molecular weight is 295 g/mol. The van der Waals surface area contributed by atoms with Crippen LogP contribution >= 0.6 is 0 Å². The average Bonchev–Trinajstić information content (AvgIpc) is 2.49. The molecule has 1 atom stereocenters. The van der Waals surface area contributed by atoms with Gasteiger partial charge >= 0.3 is 0 Å². The fraction of sp³-hybridized carbons (Fsp3) is 0.667. The van der Waals surface area contributed by atoms with Gasteiger partial charge in [0.25, 0.3) is 0 Å². The van der Waals surface area contributed by atoms with Crippen LogP contribution in [-0.2, 0) is 0 Å². The Balaban J connectivity index is 2.11. The van der Waals surface area contributed by atoms with Crippen molar-refractivity contribution in [1.82, 2.24) is 5.32 Å². The van der Waals surface area contributed by atoms with Crippen molar-refractivity contribution in [3.63, 3.8) is 0 Å². The molecule has 1 aromatic rings. The van der Waals surface area contributed by atoms with Crippen LogP contribution in [-0.4, -0.2) is 6.54 Å². The van der Waals surface area contributed by atoms with Crippen LogP contribution in [0.15, 0.2) is 18.2 Å². The van der Waals surface area contributed by atoms with E-state index in [9.17, 15) is 8.78 Å². The largest absolute Gasteiger partial charge is 0.310 e. The first-order valence-corrected chi connectivity index (χ1v) is 8.34. The molecule has 0 heterocycles. The highest BCUT2D eigenvalue weighted by Crippen LogP contribution is 2.39. The lowest BCUT2D eigenvalue weighted by molar-refractivity contribution is 0.212. The van der Waals surface area contributed by atoms with E-state index in [1.165, 1.54) is 31.7 Å². The molecule has 3 heteroatoms. The number of benzene rings is 1. The van der Waals surface area contributed by atoms with E-state index in [4.69, 9.17) is 0 Å². The lowest BCUT2D eigenvalue weighted by Crippen LogP contribution is -2.32. The maximum atomic E-state index is 14.1. The molecule has 1 aliphatic carbocycles. The Labute approximate surface area is 127 Å². The third kappa shape index (κ3) is 4.03. The van der Waals surface area contributed by atoms with E-state index >= 15 is 0 Å². The first kappa shape index (κ1) is 16.4. The van der Waals surface area contributed by atoms with Crippen molar-refractivity contribution in [3.05, 3.63) is 35.4 Å². The van der Waals surface area contributed by atoms with Crippen molar-refractivity contribution in [3.8, 4) is 0 Å². The number of halogens is 2. The number of rotatable bonds is 6. The minimum atomic E-state index is -0.741. The number of hydrogen-bond acceptors (Lipinski definition) is 1. The summed E-state index contributed by atoms with van der Waals surface area (Å²) >= 11 is 0. The molecule has 0 amide bonds. The van der Waals surface area contributed by atoms with Gasteiger partial charge in [0.05, 0.1) is 0 Å². The predicted molar refractivity (Wildman–Crippen MR) is 83.1 cm³/mol. The topological polar surface area (TPSA) is 12.0 Å². The van der Waals surface area contributed by atoms with E-state index in [1.807, 2.05) is 6.92 Å². The molecule has 0 bridgehead atoms. The fourth-order valence-electron chi connectivity index (χ4n) is 3.73. The van der Waals surface area contributed by atoms with Crippen molar-refractivity contribution in [2.45, 2.75) is 58.4 Å². The van der Waals surface area contributed by atoms with E-state index in [2.05, 4.69) is 12.2 Å². The molecule has 0 radical (unpaired) electrons. The van der Waals surface area contributed by atoms with Crippen LogP contribution < -0.4 is 5.32 Å². The molecule has 21 heavy (non-hydrogen) atoms. The van der Waals surface area contributed by atoms with Crippen LogP contribution in [0.1, 0.15) is 64.0 Å². The van der Waals surface area contributed by atoms with Crippen molar-refractivity contribution < 1.29 is 8.78 Å². The lowest BCUT2D eigenvalue weighted by atomic mass is 9.75. The SMILES string of the molecule is CCCC1CCC(C(NCC)c2cccc(F)c2F)CC1. The first-order chi connectivity index (χ1) is 10.2. The standard InChI is InChI=1S/C18H27F2N/c1-3-6-13-9-11-14(12-10-13)18(21-4-2)15-7-5-8-16(19)17(15)20/h5,7-8,13-14,18,21H,3-4,6,9-12H2,1-2H3. The van der Waals surface area contributed by atoms with Gasteiger partial charge in [-0.05, 0) is 37.3 Å². The van der Waals surface area contributed by atoms with Crippen LogP contribution in [0, 0.1) is 23.5 Å². The second-order valence-electron chi connectivity index (χ2n) is 6.25. The van der Waals surface area contributed by atoms with Crippen LogP contribution in [0.25, 0.3) is 0 Å². The highest BCUT2D eigenvalue weighted by molar-refractivity contribution is 5.23. The molecular formula is C18H27F2N. The van der Waals surface area contributed by atoms with Gasteiger partial charge in [-0.1, -0.05) is 51.7 Å². The minimum absolute atomic E-state index is 0.0618. The Bertz CT molecular complexity index is 439. The van der Waals surface area contributed by atoms with Gasteiger partial charge in [0, 0.05) is 11.6 Å². The summed E-state index contributed by atoms with van der Waals surface area (Å²) in [7, 11) is 0. The second kappa shape index (κ2) is 7.88.